The van der Waals surface area contributed by atoms with E-state index in [9.17, 15) is 25.1 Å². The molecule has 21 heavy (non-hydrogen) atoms. The zero-order valence-corrected chi connectivity index (χ0v) is 10.7. The number of Topliss-reactive ketones (excluding diaryl/α,β-unsaturated/α-hetero) is 1. The fourth-order valence-corrected chi connectivity index (χ4v) is 1.83. The van der Waals surface area contributed by atoms with Crippen LogP contribution in [0.5, 0.6) is 5.75 Å². The summed E-state index contributed by atoms with van der Waals surface area (Å²) in [5.74, 6) is -0.794. The number of hydrogen-bond acceptors (Lipinski definition) is 8. The van der Waals surface area contributed by atoms with Gasteiger partial charge in [-0.25, -0.2) is 0 Å². The smallest absolute Gasteiger partial charge is 0.269 e. The maximum atomic E-state index is 11.6. The maximum Gasteiger partial charge on any atom is 0.269 e. The van der Waals surface area contributed by atoms with Crippen molar-refractivity contribution in [3.63, 3.8) is 0 Å². The Morgan fingerprint density at radius 1 is 1.24 bits per heavy atom. The molecule has 114 valence electrons. The standard InChI is InChI=1S/C12H13NO8/c14-5-8-9(15)10(16)11(17)12(21-8)20-7-3-1-6(2-4-7)13(18)19/h1-4,8-9,11-12,14-15,17H,5H2/t8-,9-,11-,12-/m1/s1. The molecule has 1 aliphatic heterocycles. The predicted octanol–water partition coefficient (Wildman–Crippen LogP) is -1.02. The van der Waals surface area contributed by atoms with Gasteiger partial charge < -0.3 is 24.8 Å². The van der Waals surface area contributed by atoms with Crippen LogP contribution in [0.3, 0.4) is 0 Å². The molecule has 0 aromatic heterocycles. The molecule has 1 fully saturated rings. The third kappa shape index (κ3) is 3.16. The molecule has 9 heteroatoms. The van der Waals surface area contributed by atoms with E-state index >= 15 is 0 Å². The predicted molar refractivity (Wildman–Crippen MR) is 66.5 cm³/mol. The summed E-state index contributed by atoms with van der Waals surface area (Å²) in [4.78, 5) is 21.5. The van der Waals surface area contributed by atoms with Crippen molar-refractivity contribution in [2.24, 2.45) is 0 Å². The molecule has 1 aromatic carbocycles. The summed E-state index contributed by atoms with van der Waals surface area (Å²) in [5, 5.41) is 38.7. The Morgan fingerprint density at radius 2 is 1.86 bits per heavy atom. The SMILES string of the molecule is O=C1[C@@H](O)[C@H](Oc2ccc([N+](=O)[O-])cc2)O[C@H](CO)[C@H]1O. The molecule has 9 nitrogen and oxygen atoms in total. The van der Waals surface area contributed by atoms with Gasteiger partial charge in [0.2, 0.25) is 6.29 Å². The van der Waals surface area contributed by atoms with E-state index in [0.717, 1.165) is 0 Å². The summed E-state index contributed by atoms with van der Waals surface area (Å²) >= 11 is 0. The third-order valence-electron chi connectivity index (χ3n) is 2.98. The van der Waals surface area contributed by atoms with Crippen molar-refractivity contribution in [2.45, 2.75) is 24.6 Å². The zero-order chi connectivity index (χ0) is 15.6. The van der Waals surface area contributed by atoms with Gasteiger partial charge in [0, 0.05) is 12.1 Å². The molecular formula is C12H13NO8. The van der Waals surface area contributed by atoms with Crippen LogP contribution in [0.15, 0.2) is 24.3 Å². The summed E-state index contributed by atoms with van der Waals surface area (Å²) < 4.78 is 10.3. The van der Waals surface area contributed by atoms with Crippen molar-refractivity contribution >= 4 is 11.5 Å². The molecule has 0 saturated carbocycles. The Bertz CT molecular complexity index is 531. The minimum Gasteiger partial charge on any atom is -0.462 e. The van der Waals surface area contributed by atoms with Crippen LogP contribution >= 0.6 is 0 Å². The van der Waals surface area contributed by atoms with Crippen LogP contribution in [-0.4, -0.2) is 57.2 Å². The van der Waals surface area contributed by atoms with Gasteiger partial charge in [-0.3, -0.25) is 14.9 Å². The lowest BCUT2D eigenvalue weighted by molar-refractivity contribution is -0.384. The van der Waals surface area contributed by atoms with Crippen molar-refractivity contribution in [1.29, 1.82) is 0 Å². The summed E-state index contributed by atoms with van der Waals surface area (Å²) in [6.45, 7) is -0.625. The number of nitro benzene ring substituents is 1. The van der Waals surface area contributed by atoms with Gasteiger partial charge >= 0.3 is 0 Å². The van der Waals surface area contributed by atoms with E-state index < -0.39 is 41.9 Å². The maximum absolute atomic E-state index is 11.6. The minimum absolute atomic E-state index is 0.130. The van der Waals surface area contributed by atoms with Gasteiger partial charge in [0.15, 0.2) is 11.9 Å². The molecule has 0 spiro atoms. The molecule has 0 aliphatic carbocycles. The summed E-state index contributed by atoms with van der Waals surface area (Å²) in [6.07, 6.45) is -5.98. The molecule has 0 amide bonds. The topological polar surface area (TPSA) is 139 Å². The van der Waals surface area contributed by atoms with E-state index in [1.165, 1.54) is 24.3 Å². The quantitative estimate of drug-likeness (QED) is 0.474. The molecule has 3 N–H and O–H groups in total. The molecule has 0 radical (unpaired) electrons. The number of non-ortho nitro benzene ring substituents is 1. The Morgan fingerprint density at radius 3 is 2.38 bits per heavy atom. The second-order valence-electron chi connectivity index (χ2n) is 4.39. The number of ether oxygens (including phenoxy) is 2. The van der Waals surface area contributed by atoms with Gasteiger partial charge in [-0.2, -0.15) is 0 Å². The van der Waals surface area contributed by atoms with E-state index in [0.29, 0.717) is 0 Å². The van der Waals surface area contributed by atoms with Gasteiger partial charge in [-0.05, 0) is 12.1 Å². The number of rotatable bonds is 4. The molecule has 1 saturated heterocycles. The first kappa shape index (κ1) is 15.3. The Labute approximate surface area is 118 Å². The van der Waals surface area contributed by atoms with E-state index in [-0.39, 0.29) is 11.4 Å². The van der Waals surface area contributed by atoms with Crippen LogP contribution in [0.2, 0.25) is 0 Å². The first-order valence-electron chi connectivity index (χ1n) is 6.01. The van der Waals surface area contributed by atoms with E-state index in [4.69, 9.17) is 14.6 Å². The molecule has 4 atom stereocenters. The fourth-order valence-electron chi connectivity index (χ4n) is 1.83. The lowest BCUT2D eigenvalue weighted by Gasteiger charge is -2.34. The second-order valence-corrected chi connectivity index (χ2v) is 4.39. The van der Waals surface area contributed by atoms with Crippen molar-refractivity contribution < 1.29 is 34.5 Å². The molecular weight excluding hydrogens is 286 g/mol. The molecule has 1 aromatic rings. The summed E-state index contributed by atoms with van der Waals surface area (Å²) in [5.41, 5.74) is -0.146. The molecule has 1 aliphatic rings. The van der Waals surface area contributed by atoms with Crippen LogP contribution in [0.4, 0.5) is 5.69 Å². The Kier molecular flexibility index (Phi) is 4.48. The van der Waals surface area contributed by atoms with Crippen LogP contribution in [0.25, 0.3) is 0 Å². The zero-order valence-electron chi connectivity index (χ0n) is 10.7. The lowest BCUT2D eigenvalue weighted by atomic mass is 10.0. The van der Waals surface area contributed by atoms with Crippen molar-refractivity contribution in [2.75, 3.05) is 6.61 Å². The van der Waals surface area contributed by atoms with Crippen molar-refractivity contribution in [3.8, 4) is 5.75 Å². The monoisotopic (exact) mass is 299 g/mol. The summed E-state index contributed by atoms with van der Waals surface area (Å²) in [7, 11) is 0. The van der Waals surface area contributed by atoms with Gasteiger partial charge in [0.05, 0.1) is 11.5 Å². The highest BCUT2D eigenvalue weighted by molar-refractivity contribution is 5.88. The molecule has 1 heterocycles. The van der Waals surface area contributed by atoms with Crippen LogP contribution < -0.4 is 4.74 Å². The van der Waals surface area contributed by atoms with Gasteiger partial charge in [0.25, 0.3) is 5.69 Å². The molecule has 2 rings (SSSR count). The average Bonchev–Trinajstić information content (AvgIpc) is 2.48. The number of carbonyl (C=O) groups excluding carboxylic acids is 1. The van der Waals surface area contributed by atoms with E-state index in [2.05, 4.69) is 0 Å². The highest BCUT2D eigenvalue weighted by Gasteiger charge is 2.44. The van der Waals surface area contributed by atoms with E-state index in [1.54, 1.807) is 0 Å². The molecule has 0 bridgehead atoms. The van der Waals surface area contributed by atoms with E-state index in [1.807, 2.05) is 0 Å². The number of ketones is 1. The van der Waals surface area contributed by atoms with Crippen LogP contribution in [0.1, 0.15) is 0 Å². The first-order chi connectivity index (χ1) is 9.93. The minimum atomic E-state index is -1.72. The highest BCUT2D eigenvalue weighted by Crippen LogP contribution is 2.23. The normalized spacial score (nSPS) is 29.2. The van der Waals surface area contributed by atoms with Gasteiger partial charge in [0.1, 0.15) is 18.0 Å². The largest absolute Gasteiger partial charge is 0.462 e. The van der Waals surface area contributed by atoms with Crippen molar-refractivity contribution in [3.05, 3.63) is 34.4 Å². The summed E-state index contributed by atoms with van der Waals surface area (Å²) in [6, 6.07) is 4.92. The third-order valence-corrected chi connectivity index (χ3v) is 2.98. The number of carbonyl (C=O) groups is 1. The number of benzene rings is 1. The fraction of sp³-hybridized carbons (Fsp3) is 0.417. The Hall–Kier alpha value is -2.07. The number of nitro groups is 1. The van der Waals surface area contributed by atoms with Crippen LogP contribution in [-0.2, 0) is 9.53 Å². The highest BCUT2D eigenvalue weighted by atomic mass is 16.7. The van der Waals surface area contributed by atoms with Gasteiger partial charge in [-0.1, -0.05) is 0 Å². The van der Waals surface area contributed by atoms with Crippen molar-refractivity contribution in [1.82, 2.24) is 0 Å². The van der Waals surface area contributed by atoms with Crippen LogP contribution in [0, 0.1) is 10.1 Å². The average molecular weight is 299 g/mol. The second kappa shape index (κ2) is 6.14. The number of aliphatic hydroxyl groups excluding tert-OH is 3. The number of nitrogens with zero attached hydrogens (tertiary/aromatic N) is 1. The Balaban J connectivity index is 2.10. The lowest BCUT2D eigenvalue weighted by Crippen LogP contribution is -2.57. The van der Waals surface area contributed by atoms with Gasteiger partial charge in [-0.15, -0.1) is 0 Å². The molecule has 0 unspecified atom stereocenters. The number of hydrogen-bond donors (Lipinski definition) is 3. The first-order valence-corrected chi connectivity index (χ1v) is 6.01. The number of aliphatic hydroxyl groups is 3.